The highest BCUT2D eigenvalue weighted by Crippen LogP contribution is 2.38. The predicted octanol–water partition coefficient (Wildman–Crippen LogP) is 3.44. The van der Waals surface area contributed by atoms with Crippen molar-refractivity contribution in [3.8, 4) is 11.8 Å². The molecule has 0 aromatic heterocycles. The van der Waals surface area contributed by atoms with Crippen LogP contribution >= 0.6 is 0 Å². The fraction of sp³-hybridized carbons (Fsp3) is 0.429. The summed E-state index contributed by atoms with van der Waals surface area (Å²) in [5.74, 6) is -0.819. The molecule has 0 bridgehead atoms. The van der Waals surface area contributed by atoms with E-state index in [1.54, 1.807) is 6.92 Å². The minimum Gasteiger partial charge on any atom is -0.508 e. The Morgan fingerprint density at radius 3 is 2.43 bits per heavy atom. The molecule has 0 saturated heterocycles. The Balaban J connectivity index is 2.43. The molecule has 0 spiro atoms. The Bertz CT molecular complexity index is 575. The molecule has 2 atom stereocenters. The summed E-state index contributed by atoms with van der Waals surface area (Å²) in [5.41, 5.74) is -0.427. The van der Waals surface area contributed by atoms with E-state index < -0.39 is 23.8 Å². The number of hydrogen-bond acceptors (Lipinski definition) is 4. The van der Waals surface area contributed by atoms with E-state index in [1.807, 2.05) is 6.07 Å². The molecule has 1 aliphatic rings. The molecule has 0 amide bonds. The minimum atomic E-state index is -4.51. The van der Waals surface area contributed by atoms with E-state index in [0.717, 1.165) is 0 Å². The number of phenols is 1. The molecule has 1 heterocycles. The molecular formula is C14H14F3N3O. The summed E-state index contributed by atoms with van der Waals surface area (Å²) in [4.78, 5) is 0. The molecule has 0 aliphatic carbocycles. The number of halogens is 3. The molecule has 1 aromatic carbocycles. The van der Waals surface area contributed by atoms with Crippen LogP contribution in [0.15, 0.2) is 29.4 Å². The molecule has 0 radical (unpaired) electrons. The maximum atomic E-state index is 13.1. The van der Waals surface area contributed by atoms with Crippen LogP contribution < -0.4 is 5.01 Å². The second-order valence-corrected chi connectivity index (χ2v) is 4.79. The zero-order chi connectivity index (χ0) is 15.6. The molecule has 1 aromatic rings. The Hall–Kier alpha value is -2.23. The molecule has 2 rings (SSSR count). The second kappa shape index (κ2) is 5.64. The van der Waals surface area contributed by atoms with E-state index in [9.17, 15) is 18.3 Å². The quantitative estimate of drug-likeness (QED) is 0.929. The van der Waals surface area contributed by atoms with Gasteiger partial charge in [0.1, 0.15) is 11.5 Å². The van der Waals surface area contributed by atoms with E-state index in [2.05, 4.69) is 5.10 Å². The van der Waals surface area contributed by atoms with Gasteiger partial charge in [-0.25, -0.2) is 0 Å². The predicted molar refractivity (Wildman–Crippen MR) is 71.9 cm³/mol. The van der Waals surface area contributed by atoms with Crippen molar-refractivity contribution in [3.05, 3.63) is 24.3 Å². The van der Waals surface area contributed by atoms with E-state index in [0.29, 0.717) is 5.69 Å². The summed E-state index contributed by atoms with van der Waals surface area (Å²) in [6, 6.07) is 6.99. The average Bonchev–Trinajstić information content (AvgIpc) is 2.79. The summed E-state index contributed by atoms with van der Waals surface area (Å²) in [6.07, 6.45) is -4.32. The second-order valence-electron chi connectivity index (χ2n) is 4.79. The van der Waals surface area contributed by atoms with Gasteiger partial charge >= 0.3 is 6.18 Å². The lowest BCUT2D eigenvalue weighted by Crippen LogP contribution is -2.36. The van der Waals surface area contributed by atoms with E-state index in [1.165, 1.54) is 29.3 Å². The summed E-state index contributed by atoms with van der Waals surface area (Å²) in [6.45, 7) is 1.65. The normalized spacial score (nSPS) is 22.0. The Morgan fingerprint density at radius 1 is 1.33 bits per heavy atom. The molecule has 0 fully saturated rings. The molecule has 1 aliphatic heterocycles. The Labute approximate surface area is 120 Å². The number of rotatable bonds is 3. The molecule has 21 heavy (non-hydrogen) atoms. The van der Waals surface area contributed by atoms with Crippen LogP contribution in [0.2, 0.25) is 0 Å². The molecule has 4 nitrogen and oxygen atoms in total. The first-order valence-corrected chi connectivity index (χ1v) is 6.49. The third-order valence-corrected chi connectivity index (χ3v) is 3.49. The van der Waals surface area contributed by atoms with Crippen LogP contribution in [0, 0.1) is 17.2 Å². The van der Waals surface area contributed by atoms with Crippen molar-refractivity contribution in [1.29, 1.82) is 5.26 Å². The van der Waals surface area contributed by atoms with Gasteiger partial charge < -0.3 is 5.11 Å². The number of hydrazone groups is 1. The van der Waals surface area contributed by atoms with Gasteiger partial charge in [-0.05, 0) is 30.7 Å². The fourth-order valence-electron chi connectivity index (χ4n) is 2.53. The molecule has 7 heteroatoms. The van der Waals surface area contributed by atoms with Crippen LogP contribution in [0.4, 0.5) is 18.9 Å². The topological polar surface area (TPSA) is 59.6 Å². The fourth-order valence-corrected chi connectivity index (χ4v) is 2.53. The zero-order valence-corrected chi connectivity index (χ0v) is 11.3. The van der Waals surface area contributed by atoms with Crippen LogP contribution in [-0.2, 0) is 0 Å². The van der Waals surface area contributed by atoms with Crippen LogP contribution in [0.3, 0.4) is 0 Å². The summed E-state index contributed by atoms with van der Waals surface area (Å²) in [7, 11) is 0. The van der Waals surface area contributed by atoms with Crippen LogP contribution in [0.1, 0.15) is 19.8 Å². The number of anilines is 1. The van der Waals surface area contributed by atoms with E-state index >= 15 is 0 Å². The molecule has 112 valence electrons. The van der Waals surface area contributed by atoms with Gasteiger partial charge in [-0.1, -0.05) is 6.92 Å². The molecular weight excluding hydrogens is 283 g/mol. The first-order valence-electron chi connectivity index (χ1n) is 6.49. The van der Waals surface area contributed by atoms with Gasteiger partial charge in [0.15, 0.2) is 0 Å². The number of nitriles is 1. The number of phenolic OH excluding ortho intramolecular Hbond substituents is 1. The van der Waals surface area contributed by atoms with Crippen molar-refractivity contribution in [3.63, 3.8) is 0 Å². The number of benzene rings is 1. The number of alkyl halides is 3. The van der Waals surface area contributed by atoms with Crippen molar-refractivity contribution in [1.82, 2.24) is 0 Å². The maximum Gasteiger partial charge on any atom is 0.431 e. The van der Waals surface area contributed by atoms with Crippen molar-refractivity contribution in [2.75, 3.05) is 5.01 Å². The summed E-state index contributed by atoms with van der Waals surface area (Å²) in [5, 5.41) is 23.1. The molecule has 1 N–H and O–H groups in total. The largest absolute Gasteiger partial charge is 0.508 e. The standard InChI is InChI=1S/C14H14F3N3O/c1-2-11-12(7-8-18)20(19-13(11)14(15,16)17)9-3-5-10(21)6-4-9/h3-6,11-12,21H,2,7H2,1H3. The highest BCUT2D eigenvalue weighted by molar-refractivity contribution is 5.95. The van der Waals surface area contributed by atoms with Gasteiger partial charge in [0, 0.05) is 5.92 Å². The van der Waals surface area contributed by atoms with Crippen LogP contribution in [0.5, 0.6) is 5.75 Å². The van der Waals surface area contributed by atoms with Crippen molar-refractivity contribution in [2.45, 2.75) is 32.0 Å². The SMILES string of the molecule is CCC1C(C(F)(F)F)=NN(c2ccc(O)cc2)C1CC#N. The highest BCUT2D eigenvalue weighted by Gasteiger charge is 2.49. The smallest absolute Gasteiger partial charge is 0.431 e. The monoisotopic (exact) mass is 297 g/mol. The Kier molecular flexibility index (Phi) is 4.07. The zero-order valence-electron chi connectivity index (χ0n) is 11.3. The van der Waals surface area contributed by atoms with Crippen molar-refractivity contribution < 1.29 is 18.3 Å². The Morgan fingerprint density at radius 2 is 1.95 bits per heavy atom. The van der Waals surface area contributed by atoms with Crippen LogP contribution in [-0.4, -0.2) is 23.0 Å². The van der Waals surface area contributed by atoms with Gasteiger partial charge in [0.25, 0.3) is 0 Å². The lowest BCUT2D eigenvalue weighted by molar-refractivity contribution is -0.0624. The number of hydrogen-bond donors (Lipinski definition) is 1. The number of nitrogens with zero attached hydrogens (tertiary/aromatic N) is 3. The molecule has 0 saturated carbocycles. The maximum absolute atomic E-state index is 13.1. The van der Waals surface area contributed by atoms with E-state index in [4.69, 9.17) is 5.26 Å². The van der Waals surface area contributed by atoms with Crippen molar-refractivity contribution >= 4 is 11.4 Å². The van der Waals surface area contributed by atoms with Crippen molar-refractivity contribution in [2.24, 2.45) is 11.0 Å². The third kappa shape index (κ3) is 2.94. The first kappa shape index (κ1) is 15.2. The minimum absolute atomic E-state index is 0.0156. The summed E-state index contributed by atoms with van der Waals surface area (Å²) >= 11 is 0. The van der Waals surface area contributed by atoms with Gasteiger partial charge in [0.05, 0.1) is 24.2 Å². The lowest BCUT2D eigenvalue weighted by atomic mass is 9.90. The lowest BCUT2D eigenvalue weighted by Gasteiger charge is -2.25. The average molecular weight is 297 g/mol. The van der Waals surface area contributed by atoms with E-state index in [-0.39, 0.29) is 18.6 Å². The van der Waals surface area contributed by atoms with Gasteiger partial charge in [-0.3, -0.25) is 5.01 Å². The van der Waals surface area contributed by atoms with Gasteiger partial charge in [0.2, 0.25) is 0 Å². The van der Waals surface area contributed by atoms with Gasteiger partial charge in [-0.15, -0.1) is 0 Å². The third-order valence-electron chi connectivity index (χ3n) is 3.49. The van der Waals surface area contributed by atoms with Gasteiger partial charge in [-0.2, -0.15) is 23.5 Å². The first-order chi connectivity index (χ1) is 9.88. The molecule has 2 unspecified atom stereocenters. The van der Waals surface area contributed by atoms with Crippen LogP contribution in [0.25, 0.3) is 0 Å². The number of aromatic hydroxyl groups is 1. The summed E-state index contributed by atoms with van der Waals surface area (Å²) < 4.78 is 39.3. The highest BCUT2D eigenvalue weighted by atomic mass is 19.4.